The van der Waals surface area contributed by atoms with Crippen LogP contribution in [-0.2, 0) is 23.0 Å². The fourth-order valence-corrected chi connectivity index (χ4v) is 4.57. The molecule has 0 atom stereocenters. The van der Waals surface area contributed by atoms with Gasteiger partial charge >= 0.3 is 0 Å². The van der Waals surface area contributed by atoms with Crippen LogP contribution in [0.25, 0.3) is 0 Å². The molecule has 0 aliphatic carbocycles. The average Bonchev–Trinajstić information content (AvgIpc) is 2.88. The second kappa shape index (κ2) is 6.17. The van der Waals surface area contributed by atoms with Gasteiger partial charge in [-0.15, -0.1) is 11.3 Å². The Morgan fingerprint density at radius 2 is 2.00 bits per heavy atom. The van der Waals surface area contributed by atoms with E-state index in [9.17, 15) is 8.42 Å². The fourth-order valence-electron chi connectivity index (χ4n) is 2.21. The number of sulfonamides is 1. The molecule has 114 valence electrons. The predicted molar refractivity (Wildman–Crippen MR) is 88.1 cm³/mol. The molecular formula is C15H20N2O2S2. The summed E-state index contributed by atoms with van der Waals surface area (Å²) in [6, 6.07) is 5.47. The number of rotatable bonds is 5. The van der Waals surface area contributed by atoms with Crippen molar-refractivity contribution < 1.29 is 8.42 Å². The molecule has 1 aromatic carbocycles. The summed E-state index contributed by atoms with van der Waals surface area (Å²) in [6.07, 6.45) is 0.900. The molecule has 3 N–H and O–H groups in total. The van der Waals surface area contributed by atoms with Crippen molar-refractivity contribution in [3.8, 4) is 0 Å². The first-order valence-corrected chi connectivity index (χ1v) is 9.13. The van der Waals surface area contributed by atoms with E-state index in [0.717, 1.165) is 16.9 Å². The van der Waals surface area contributed by atoms with Gasteiger partial charge in [-0.25, -0.2) is 13.1 Å². The van der Waals surface area contributed by atoms with Crippen LogP contribution in [0.2, 0.25) is 0 Å². The minimum Gasteiger partial charge on any atom is -0.398 e. The minimum absolute atomic E-state index is 0.259. The SMILES string of the molecule is CCc1ccsc1CNS(=O)(=O)c1cc(C)cc(N)c1C. The minimum atomic E-state index is -3.56. The third kappa shape index (κ3) is 3.45. The van der Waals surface area contributed by atoms with Crippen LogP contribution >= 0.6 is 11.3 Å². The molecule has 6 heteroatoms. The number of benzene rings is 1. The summed E-state index contributed by atoms with van der Waals surface area (Å²) in [5.74, 6) is 0. The first-order valence-electron chi connectivity index (χ1n) is 6.76. The van der Waals surface area contributed by atoms with Crippen molar-refractivity contribution in [1.29, 1.82) is 0 Å². The number of nitrogens with one attached hydrogen (secondary N) is 1. The van der Waals surface area contributed by atoms with E-state index < -0.39 is 10.0 Å². The van der Waals surface area contributed by atoms with E-state index >= 15 is 0 Å². The molecular weight excluding hydrogens is 304 g/mol. The molecule has 2 aromatic rings. The van der Waals surface area contributed by atoms with Gasteiger partial charge in [-0.05, 0) is 60.5 Å². The highest BCUT2D eigenvalue weighted by Gasteiger charge is 2.19. The van der Waals surface area contributed by atoms with Crippen LogP contribution < -0.4 is 10.5 Å². The molecule has 0 bridgehead atoms. The van der Waals surface area contributed by atoms with Gasteiger partial charge in [-0.2, -0.15) is 0 Å². The zero-order valence-electron chi connectivity index (χ0n) is 12.4. The van der Waals surface area contributed by atoms with E-state index in [1.165, 1.54) is 5.56 Å². The van der Waals surface area contributed by atoms with Crippen LogP contribution in [0.1, 0.15) is 28.5 Å². The van der Waals surface area contributed by atoms with Crippen LogP contribution in [0.4, 0.5) is 5.69 Å². The molecule has 0 saturated carbocycles. The lowest BCUT2D eigenvalue weighted by atomic mass is 10.1. The van der Waals surface area contributed by atoms with E-state index in [1.807, 2.05) is 18.4 Å². The zero-order valence-corrected chi connectivity index (χ0v) is 14.1. The fraction of sp³-hybridized carbons (Fsp3) is 0.333. The molecule has 0 aliphatic heterocycles. The smallest absolute Gasteiger partial charge is 0.241 e. The van der Waals surface area contributed by atoms with Crippen molar-refractivity contribution in [3.05, 3.63) is 45.1 Å². The highest BCUT2D eigenvalue weighted by molar-refractivity contribution is 7.89. The maximum Gasteiger partial charge on any atom is 0.241 e. The molecule has 21 heavy (non-hydrogen) atoms. The number of thiophene rings is 1. The van der Waals surface area contributed by atoms with Crippen molar-refractivity contribution in [1.82, 2.24) is 4.72 Å². The molecule has 1 aromatic heterocycles. The Bertz CT molecular complexity index is 749. The molecule has 0 radical (unpaired) electrons. The summed E-state index contributed by atoms with van der Waals surface area (Å²) in [4.78, 5) is 1.31. The molecule has 4 nitrogen and oxygen atoms in total. The van der Waals surface area contributed by atoms with E-state index in [2.05, 4.69) is 11.6 Å². The topological polar surface area (TPSA) is 72.2 Å². The first-order chi connectivity index (χ1) is 9.85. The second-order valence-corrected chi connectivity index (χ2v) is 7.76. The standard InChI is InChI=1S/C15H20N2O2S2/c1-4-12-5-6-20-14(12)9-17-21(18,19)15-8-10(2)7-13(16)11(15)3/h5-8,17H,4,9,16H2,1-3H3. The predicted octanol–water partition coefficient (Wildman–Crippen LogP) is 2.99. The van der Waals surface area contributed by atoms with Crippen LogP contribution in [0.5, 0.6) is 0 Å². The van der Waals surface area contributed by atoms with Crippen molar-refractivity contribution in [2.24, 2.45) is 0 Å². The third-order valence-corrected chi connectivity index (χ3v) is 5.97. The first kappa shape index (κ1) is 16.0. The Labute approximate surface area is 130 Å². The van der Waals surface area contributed by atoms with E-state index in [4.69, 9.17) is 5.73 Å². The Morgan fingerprint density at radius 1 is 1.29 bits per heavy atom. The molecule has 0 spiro atoms. The Hall–Kier alpha value is -1.37. The van der Waals surface area contributed by atoms with Crippen molar-refractivity contribution in [3.63, 3.8) is 0 Å². The van der Waals surface area contributed by atoms with Crippen molar-refractivity contribution >= 4 is 27.0 Å². The van der Waals surface area contributed by atoms with Gasteiger partial charge in [0.15, 0.2) is 0 Å². The van der Waals surface area contributed by atoms with E-state index in [0.29, 0.717) is 17.8 Å². The summed E-state index contributed by atoms with van der Waals surface area (Å²) < 4.78 is 27.7. The average molecular weight is 324 g/mol. The lowest BCUT2D eigenvalue weighted by Crippen LogP contribution is -2.24. The summed E-state index contributed by atoms with van der Waals surface area (Å²) >= 11 is 1.57. The van der Waals surface area contributed by atoms with Gasteiger partial charge in [0.1, 0.15) is 0 Å². The highest BCUT2D eigenvalue weighted by atomic mass is 32.2. The molecule has 0 saturated heterocycles. The van der Waals surface area contributed by atoms with E-state index in [1.54, 1.807) is 30.4 Å². The van der Waals surface area contributed by atoms with E-state index in [-0.39, 0.29) is 4.90 Å². The molecule has 0 amide bonds. The van der Waals surface area contributed by atoms with Gasteiger partial charge in [0.05, 0.1) is 4.90 Å². The van der Waals surface area contributed by atoms with Crippen LogP contribution in [-0.4, -0.2) is 8.42 Å². The lowest BCUT2D eigenvalue weighted by Gasteiger charge is -2.12. The second-order valence-electron chi connectivity index (χ2n) is 5.02. The molecule has 2 rings (SSSR count). The third-order valence-electron chi connectivity index (χ3n) is 3.48. The quantitative estimate of drug-likeness (QED) is 0.831. The number of hydrogen-bond donors (Lipinski definition) is 2. The number of hydrogen-bond acceptors (Lipinski definition) is 4. The monoisotopic (exact) mass is 324 g/mol. The normalized spacial score (nSPS) is 11.8. The van der Waals surface area contributed by atoms with Crippen molar-refractivity contribution in [2.45, 2.75) is 38.6 Å². The van der Waals surface area contributed by atoms with Gasteiger partial charge in [0.25, 0.3) is 0 Å². The summed E-state index contributed by atoms with van der Waals surface area (Å²) in [6.45, 7) is 5.94. The number of anilines is 1. The number of aryl methyl sites for hydroxylation is 2. The van der Waals surface area contributed by atoms with Crippen LogP contribution in [0, 0.1) is 13.8 Å². The Balaban J connectivity index is 2.27. The Kier molecular flexibility index (Phi) is 4.70. The summed E-state index contributed by atoms with van der Waals surface area (Å²) in [5.41, 5.74) is 8.98. The van der Waals surface area contributed by atoms with Crippen molar-refractivity contribution in [2.75, 3.05) is 5.73 Å². The molecule has 0 fully saturated rings. The van der Waals surface area contributed by atoms with Gasteiger partial charge in [-0.1, -0.05) is 6.92 Å². The molecule has 1 heterocycles. The maximum atomic E-state index is 12.5. The lowest BCUT2D eigenvalue weighted by molar-refractivity contribution is 0.581. The largest absolute Gasteiger partial charge is 0.398 e. The summed E-state index contributed by atoms with van der Waals surface area (Å²) in [7, 11) is -3.56. The van der Waals surface area contributed by atoms with Crippen LogP contribution in [0.3, 0.4) is 0 Å². The molecule has 0 unspecified atom stereocenters. The van der Waals surface area contributed by atoms with Gasteiger partial charge in [0.2, 0.25) is 10.0 Å². The van der Waals surface area contributed by atoms with Gasteiger partial charge in [0, 0.05) is 17.1 Å². The van der Waals surface area contributed by atoms with Gasteiger partial charge < -0.3 is 5.73 Å². The maximum absolute atomic E-state index is 12.5. The number of nitrogens with two attached hydrogens (primary N) is 1. The highest BCUT2D eigenvalue weighted by Crippen LogP contribution is 2.24. The number of nitrogen functional groups attached to an aromatic ring is 1. The van der Waals surface area contributed by atoms with Gasteiger partial charge in [-0.3, -0.25) is 0 Å². The molecule has 0 aliphatic rings. The zero-order chi connectivity index (χ0) is 15.6. The Morgan fingerprint density at radius 3 is 2.67 bits per heavy atom. The summed E-state index contributed by atoms with van der Waals surface area (Å²) in [5, 5.41) is 1.98. The van der Waals surface area contributed by atoms with Crippen LogP contribution in [0.15, 0.2) is 28.5 Å².